The van der Waals surface area contributed by atoms with E-state index in [1.165, 1.54) is 12.7 Å². The molecular formula is C17H18N2O3. The van der Waals surface area contributed by atoms with Crippen molar-refractivity contribution in [2.24, 2.45) is 0 Å². The lowest BCUT2D eigenvalue weighted by Crippen LogP contribution is -2.37. The van der Waals surface area contributed by atoms with E-state index in [9.17, 15) is 10.2 Å². The van der Waals surface area contributed by atoms with Gasteiger partial charge in [0.1, 0.15) is 0 Å². The maximum Gasteiger partial charge on any atom is 0.161 e. The molecule has 2 aliphatic rings. The Morgan fingerprint density at radius 2 is 2.09 bits per heavy atom. The van der Waals surface area contributed by atoms with Gasteiger partial charge in [0.15, 0.2) is 17.7 Å². The fourth-order valence-corrected chi connectivity index (χ4v) is 3.48. The molecule has 0 aliphatic carbocycles. The van der Waals surface area contributed by atoms with Crippen LogP contribution in [-0.4, -0.2) is 29.9 Å². The Morgan fingerprint density at radius 1 is 1.27 bits per heavy atom. The van der Waals surface area contributed by atoms with Crippen LogP contribution in [0.2, 0.25) is 0 Å². The van der Waals surface area contributed by atoms with Gasteiger partial charge in [0.2, 0.25) is 0 Å². The molecule has 5 nitrogen and oxygen atoms in total. The molecule has 114 valence electrons. The summed E-state index contributed by atoms with van der Waals surface area (Å²) in [5.41, 5.74) is 3.79. The van der Waals surface area contributed by atoms with Crippen molar-refractivity contribution in [1.82, 2.24) is 0 Å². The summed E-state index contributed by atoms with van der Waals surface area (Å²) in [5.74, 6) is 0.439. The first-order valence-corrected chi connectivity index (χ1v) is 7.38. The van der Waals surface area contributed by atoms with Crippen molar-refractivity contribution in [1.29, 1.82) is 0 Å². The Bertz CT molecular complexity index is 732. The standard InChI is InChI=1S/C17H18N2O3/c1-22-16-7-12-13(8-15(16)20)18-9-11-6-10-4-2-3-5-14(10)19(11)17(12)21/h2-5,7-8,11,17-18,20-21H,6,9H2,1H3/t11-,17?/m0/s1. The van der Waals surface area contributed by atoms with Gasteiger partial charge in [-0.05, 0) is 24.1 Å². The van der Waals surface area contributed by atoms with Crippen LogP contribution in [0.3, 0.4) is 0 Å². The topological polar surface area (TPSA) is 65.0 Å². The number of benzene rings is 2. The van der Waals surface area contributed by atoms with Crippen LogP contribution in [0.1, 0.15) is 17.4 Å². The molecule has 0 saturated heterocycles. The van der Waals surface area contributed by atoms with Crippen molar-refractivity contribution in [3.8, 4) is 11.5 Å². The van der Waals surface area contributed by atoms with E-state index in [2.05, 4.69) is 11.4 Å². The Labute approximate surface area is 128 Å². The second-order valence-corrected chi connectivity index (χ2v) is 5.76. The quantitative estimate of drug-likeness (QED) is 0.753. The van der Waals surface area contributed by atoms with E-state index in [-0.39, 0.29) is 11.8 Å². The summed E-state index contributed by atoms with van der Waals surface area (Å²) in [6.45, 7) is 0.713. The van der Waals surface area contributed by atoms with E-state index in [0.29, 0.717) is 17.9 Å². The summed E-state index contributed by atoms with van der Waals surface area (Å²) in [6, 6.07) is 11.7. The fraction of sp³-hybridized carbons (Fsp3) is 0.294. The zero-order valence-electron chi connectivity index (χ0n) is 12.3. The summed E-state index contributed by atoms with van der Waals surface area (Å²) in [5, 5.41) is 24.2. The molecule has 2 aliphatic heterocycles. The number of aliphatic hydroxyl groups is 1. The number of hydrogen-bond donors (Lipinski definition) is 3. The van der Waals surface area contributed by atoms with Crippen LogP contribution in [0, 0.1) is 0 Å². The van der Waals surface area contributed by atoms with Gasteiger partial charge in [-0.25, -0.2) is 0 Å². The minimum Gasteiger partial charge on any atom is -0.504 e. The van der Waals surface area contributed by atoms with Crippen LogP contribution in [0.15, 0.2) is 36.4 Å². The normalized spacial score (nSPS) is 22.2. The van der Waals surface area contributed by atoms with Crippen LogP contribution in [0.5, 0.6) is 11.5 Å². The van der Waals surface area contributed by atoms with Crippen LogP contribution >= 0.6 is 0 Å². The van der Waals surface area contributed by atoms with Gasteiger partial charge in [-0.2, -0.15) is 0 Å². The lowest BCUT2D eigenvalue weighted by Gasteiger charge is -2.30. The SMILES string of the molecule is COc1cc2c(cc1O)NC[C@@H]1Cc3ccccc3N1C2O. The third-order valence-electron chi connectivity index (χ3n) is 4.54. The van der Waals surface area contributed by atoms with Crippen molar-refractivity contribution in [2.75, 3.05) is 23.9 Å². The highest BCUT2D eigenvalue weighted by Crippen LogP contribution is 2.44. The van der Waals surface area contributed by atoms with Gasteiger partial charge in [-0.15, -0.1) is 0 Å². The van der Waals surface area contributed by atoms with Crippen LogP contribution in [0.4, 0.5) is 11.4 Å². The second kappa shape index (κ2) is 4.81. The minimum absolute atomic E-state index is 0.0726. The van der Waals surface area contributed by atoms with E-state index in [1.807, 2.05) is 23.1 Å². The average Bonchev–Trinajstić information content (AvgIpc) is 2.84. The number of fused-ring (bicyclic) bond motifs is 4. The first-order chi connectivity index (χ1) is 10.7. The Balaban J connectivity index is 1.83. The molecule has 0 radical (unpaired) electrons. The van der Waals surface area contributed by atoms with E-state index in [0.717, 1.165) is 17.8 Å². The summed E-state index contributed by atoms with van der Waals surface area (Å²) in [4.78, 5) is 2.05. The van der Waals surface area contributed by atoms with Gasteiger partial charge in [-0.3, -0.25) is 0 Å². The molecule has 2 atom stereocenters. The number of phenolic OH excluding ortho intramolecular Hbond substituents is 1. The van der Waals surface area contributed by atoms with Crippen molar-refractivity contribution in [3.63, 3.8) is 0 Å². The molecule has 0 amide bonds. The van der Waals surface area contributed by atoms with Gasteiger partial charge in [-0.1, -0.05) is 18.2 Å². The van der Waals surface area contributed by atoms with E-state index >= 15 is 0 Å². The molecule has 2 heterocycles. The predicted octanol–water partition coefficient (Wildman–Crippen LogP) is 2.25. The number of ether oxygens (including phenoxy) is 1. The smallest absolute Gasteiger partial charge is 0.161 e. The van der Waals surface area contributed by atoms with Crippen LogP contribution in [0.25, 0.3) is 0 Å². The number of rotatable bonds is 1. The molecule has 2 aromatic rings. The number of methoxy groups -OCH3 is 1. The summed E-state index contributed by atoms with van der Waals surface area (Å²) in [7, 11) is 1.51. The molecule has 3 N–H and O–H groups in total. The molecule has 22 heavy (non-hydrogen) atoms. The average molecular weight is 298 g/mol. The van der Waals surface area contributed by atoms with Gasteiger partial charge in [0, 0.05) is 29.5 Å². The summed E-state index contributed by atoms with van der Waals surface area (Å²) >= 11 is 0. The predicted molar refractivity (Wildman–Crippen MR) is 84.5 cm³/mol. The monoisotopic (exact) mass is 298 g/mol. The summed E-state index contributed by atoms with van der Waals surface area (Å²) in [6.07, 6.45) is 0.130. The van der Waals surface area contributed by atoms with Crippen LogP contribution < -0.4 is 15.0 Å². The van der Waals surface area contributed by atoms with Gasteiger partial charge >= 0.3 is 0 Å². The Hall–Kier alpha value is -2.40. The molecule has 5 heteroatoms. The highest BCUT2D eigenvalue weighted by atomic mass is 16.5. The number of hydrogen-bond acceptors (Lipinski definition) is 5. The molecular weight excluding hydrogens is 280 g/mol. The number of aromatic hydroxyl groups is 1. The molecule has 4 rings (SSSR count). The molecule has 0 fully saturated rings. The maximum atomic E-state index is 10.9. The first-order valence-electron chi connectivity index (χ1n) is 7.38. The highest BCUT2D eigenvalue weighted by molar-refractivity contribution is 5.68. The molecule has 0 bridgehead atoms. The Kier molecular flexibility index (Phi) is 2.90. The van der Waals surface area contributed by atoms with Gasteiger partial charge < -0.3 is 25.2 Å². The lowest BCUT2D eigenvalue weighted by atomic mass is 10.1. The number of para-hydroxylation sites is 1. The minimum atomic E-state index is -0.770. The van der Waals surface area contributed by atoms with Gasteiger partial charge in [0.05, 0.1) is 13.2 Å². The zero-order chi connectivity index (χ0) is 15.3. The molecule has 0 spiro atoms. The van der Waals surface area contributed by atoms with E-state index in [1.54, 1.807) is 12.1 Å². The fourth-order valence-electron chi connectivity index (χ4n) is 3.48. The lowest BCUT2D eigenvalue weighted by molar-refractivity contribution is 0.167. The third-order valence-corrected chi connectivity index (χ3v) is 4.54. The molecule has 0 aromatic heterocycles. The second-order valence-electron chi connectivity index (χ2n) is 5.76. The largest absolute Gasteiger partial charge is 0.504 e. The van der Waals surface area contributed by atoms with Crippen LogP contribution in [-0.2, 0) is 6.42 Å². The number of anilines is 2. The van der Waals surface area contributed by atoms with Crippen molar-refractivity contribution < 1.29 is 14.9 Å². The number of nitrogens with zero attached hydrogens (tertiary/aromatic N) is 1. The molecule has 1 unspecified atom stereocenters. The number of phenols is 1. The highest BCUT2D eigenvalue weighted by Gasteiger charge is 2.37. The summed E-state index contributed by atoms with van der Waals surface area (Å²) < 4.78 is 5.17. The van der Waals surface area contributed by atoms with Crippen molar-refractivity contribution in [2.45, 2.75) is 18.7 Å². The van der Waals surface area contributed by atoms with E-state index in [4.69, 9.17) is 4.74 Å². The van der Waals surface area contributed by atoms with Crippen molar-refractivity contribution >= 4 is 11.4 Å². The third kappa shape index (κ3) is 1.82. The molecule has 2 aromatic carbocycles. The number of aliphatic hydroxyl groups excluding tert-OH is 1. The van der Waals surface area contributed by atoms with Crippen molar-refractivity contribution in [3.05, 3.63) is 47.5 Å². The number of nitrogens with one attached hydrogen (secondary N) is 1. The van der Waals surface area contributed by atoms with Gasteiger partial charge in [0.25, 0.3) is 0 Å². The first kappa shape index (κ1) is 13.3. The van der Waals surface area contributed by atoms with E-state index < -0.39 is 6.23 Å². The Morgan fingerprint density at radius 3 is 2.91 bits per heavy atom. The zero-order valence-corrected chi connectivity index (χ0v) is 12.3. The maximum absolute atomic E-state index is 10.9. The molecule has 0 saturated carbocycles.